The van der Waals surface area contributed by atoms with Crippen molar-refractivity contribution >= 4 is 10.9 Å². The lowest BCUT2D eigenvalue weighted by Crippen LogP contribution is -2.43. The summed E-state index contributed by atoms with van der Waals surface area (Å²) in [5, 5.41) is 15.5. The maximum Gasteiger partial charge on any atom is 0.425 e. The molecule has 0 spiro atoms. The highest BCUT2D eigenvalue weighted by Crippen LogP contribution is 2.45. The van der Waals surface area contributed by atoms with Crippen LogP contribution in [0.4, 0.5) is 17.6 Å². The fourth-order valence-electron chi connectivity index (χ4n) is 3.50. The van der Waals surface area contributed by atoms with E-state index in [0.717, 1.165) is 0 Å². The molecule has 3 nitrogen and oxygen atoms in total. The van der Waals surface area contributed by atoms with Gasteiger partial charge in [-0.3, -0.25) is 0 Å². The minimum Gasteiger partial charge on any atom is -0.372 e. The molecule has 0 aliphatic rings. The lowest BCUT2D eigenvalue weighted by molar-refractivity contribution is -0.248. The van der Waals surface area contributed by atoms with Crippen LogP contribution >= 0.6 is 0 Å². The molecule has 0 fully saturated rings. The van der Waals surface area contributed by atoms with E-state index in [4.69, 9.17) is 0 Å². The third-order valence-corrected chi connectivity index (χ3v) is 5.00. The molecule has 1 N–H and O–H groups in total. The first-order chi connectivity index (χ1) is 13.7. The van der Waals surface area contributed by atoms with E-state index in [9.17, 15) is 22.7 Å². The van der Waals surface area contributed by atoms with Gasteiger partial charge in [0.1, 0.15) is 5.82 Å². The van der Waals surface area contributed by atoms with Crippen molar-refractivity contribution in [2.45, 2.75) is 18.7 Å². The minimum absolute atomic E-state index is 0.224. The first-order valence-corrected chi connectivity index (χ1v) is 8.81. The van der Waals surface area contributed by atoms with Crippen LogP contribution in [0.25, 0.3) is 16.6 Å². The summed E-state index contributed by atoms with van der Waals surface area (Å²) in [6.45, 7) is 1.52. The van der Waals surface area contributed by atoms with E-state index >= 15 is 0 Å². The number of hydrogen-bond donors (Lipinski definition) is 1. The Hall–Kier alpha value is -3.19. The number of fused-ring (bicyclic) bond motifs is 1. The average Bonchev–Trinajstić information content (AvgIpc) is 3.11. The third-order valence-electron chi connectivity index (χ3n) is 5.00. The Labute approximate surface area is 163 Å². The Bertz CT molecular complexity index is 1180. The minimum atomic E-state index is -4.93. The Kier molecular flexibility index (Phi) is 4.42. The topological polar surface area (TPSA) is 38.1 Å². The van der Waals surface area contributed by atoms with Gasteiger partial charge in [0.25, 0.3) is 0 Å². The highest BCUT2D eigenvalue weighted by Gasteiger charge is 2.56. The number of aromatic nitrogens is 2. The molecule has 0 bridgehead atoms. The average molecular weight is 400 g/mol. The number of nitrogens with zero attached hydrogens (tertiary/aromatic N) is 2. The highest BCUT2D eigenvalue weighted by molar-refractivity contribution is 5.81. The van der Waals surface area contributed by atoms with Crippen molar-refractivity contribution < 1.29 is 22.7 Å². The van der Waals surface area contributed by atoms with Crippen LogP contribution in [-0.2, 0) is 5.60 Å². The number of halogens is 4. The molecule has 0 saturated carbocycles. The van der Waals surface area contributed by atoms with Crippen molar-refractivity contribution in [1.29, 1.82) is 0 Å². The van der Waals surface area contributed by atoms with Crippen molar-refractivity contribution in [3.05, 3.63) is 95.4 Å². The summed E-state index contributed by atoms with van der Waals surface area (Å²) in [5.41, 5.74) is -2.25. The molecule has 3 aromatic carbocycles. The number of aliphatic hydroxyl groups is 1. The quantitative estimate of drug-likeness (QED) is 0.476. The van der Waals surface area contributed by atoms with Crippen LogP contribution in [-0.4, -0.2) is 21.1 Å². The molecule has 29 heavy (non-hydrogen) atoms. The van der Waals surface area contributed by atoms with Gasteiger partial charge in [0, 0.05) is 10.9 Å². The van der Waals surface area contributed by atoms with Gasteiger partial charge in [-0.15, -0.1) is 0 Å². The molecule has 148 valence electrons. The van der Waals surface area contributed by atoms with Crippen LogP contribution in [0.1, 0.15) is 16.7 Å². The van der Waals surface area contributed by atoms with Crippen LogP contribution in [0.5, 0.6) is 0 Å². The van der Waals surface area contributed by atoms with Gasteiger partial charge < -0.3 is 5.11 Å². The van der Waals surface area contributed by atoms with Gasteiger partial charge in [0.05, 0.1) is 17.4 Å². The smallest absolute Gasteiger partial charge is 0.372 e. The fourth-order valence-corrected chi connectivity index (χ4v) is 3.50. The summed E-state index contributed by atoms with van der Waals surface area (Å²) in [7, 11) is 0. The molecule has 1 heterocycles. The molecule has 1 atom stereocenters. The van der Waals surface area contributed by atoms with E-state index < -0.39 is 17.6 Å². The number of alkyl halides is 3. The van der Waals surface area contributed by atoms with E-state index in [1.54, 1.807) is 6.07 Å². The maximum atomic E-state index is 14.1. The van der Waals surface area contributed by atoms with Gasteiger partial charge in [-0.05, 0) is 54.4 Å². The Morgan fingerprint density at radius 2 is 1.62 bits per heavy atom. The van der Waals surface area contributed by atoms with E-state index in [0.29, 0.717) is 22.2 Å². The molecule has 4 rings (SSSR count). The molecular weight excluding hydrogens is 384 g/mol. The zero-order valence-corrected chi connectivity index (χ0v) is 15.3. The lowest BCUT2D eigenvalue weighted by atomic mass is 9.83. The molecule has 0 aliphatic heterocycles. The van der Waals surface area contributed by atoms with Gasteiger partial charge >= 0.3 is 6.18 Å². The van der Waals surface area contributed by atoms with Crippen LogP contribution < -0.4 is 0 Å². The van der Waals surface area contributed by atoms with E-state index in [1.165, 1.54) is 78.5 Å². The Morgan fingerprint density at radius 3 is 2.28 bits per heavy atom. The predicted molar refractivity (Wildman–Crippen MR) is 101 cm³/mol. The van der Waals surface area contributed by atoms with Gasteiger partial charge in [0.15, 0.2) is 0 Å². The number of aryl methyl sites for hydroxylation is 1. The van der Waals surface area contributed by atoms with Gasteiger partial charge in [-0.1, -0.05) is 30.3 Å². The zero-order valence-electron chi connectivity index (χ0n) is 15.3. The van der Waals surface area contributed by atoms with Crippen molar-refractivity contribution in [1.82, 2.24) is 9.78 Å². The van der Waals surface area contributed by atoms with Crippen LogP contribution in [0.3, 0.4) is 0 Å². The number of hydrogen-bond acceptors (Lipinski definition) is 2. The van der Waals surface area contributed by atoms with E-state index in [1.807, 2.05) is 0 Å². The van der Waals surface area contributed by atoms with Crippen molar-refractivity contribution in [2.75, 3.05) is 0 Å². The van der Waals surface area contributed by atoms with Crippen molar-refractivity contribution in [3.8, 4) is 5.69 Å². The standard InChI is InChI=1S/C22H16F4N2O/c1-14-4-2-3-5-19(14)21(29,22(24,25)26)16-6-11-20-15(12-16)13-27-28(20)18-9-7-17(23)8-10-18/h2-13,29H,1H3. The second-order valence-electron chi connectivity index (χ2n) is 6.83. The monoisotopic (exact) mass is 400 g/mol. The SMILES string of the molecule is Cc1ccccc1C(O)(c1ccc2c(cnn2-c2ccc(F)cc2)c1)C(F)(F)F. The fraction of sp³-hybridized carbons (Fsp3) is 0.136. The van der Waals surface area contributed by atoms with Gasteiger partial charge in [0.2, 0.25) is 5.60 Å². The van der Waals surface area contributed by atoms with Crippen LogP contribution in [0.15, 0.2) is 72.9 Å². The Morgan fingerprint density at radius 1 is 0.931 bits per heavy atom. The largest absolute Gasteiger partial charge is 0.425 e. The molecule has 4 aromatic rings. The summed E-state index contributed by atoms with van der Waals surface area (Å²) in [6.07, 6.45) is -3.52. The molecule has 1 unspecified atom stereocenters. The number of rotatable bonds is 3. The first kappa shape index (κ1) is 19.1. The molecular formula is C22H16F4N2O. The second kappa shape index (κ2) is 6.70. The summed E-state index contributed by atoms with van der Waals surface area (Å²) < 4.78 is 56.8. The summed E-state index contributed by atoms with van der Waals surface area (Å²) in [4.78, 5) is 0. The molecule has 7 heteroatoms. The lowest BCUT2D eigenvalue weighted by Gasteiger charge is -2.32. The van der Waals surface area contributed by atoms with Crippen LogP contribution in [0.2, 0.25) is 0 Å². The molecule has 0 radical (unpaired) electrons. The normalized spacial score (nSPS) is 14.1. The summed E-state index contributed by atoms with van der Waals surface area (Å²) in [5.74, 6) is -0.402. The maximum absolute atomic E-state index is 14.1. The molecule has 0 saturated heterocycles. The van der Waals surface area contributed by atoms with E-state index in [2.05, 4.69) is 5.10 Å². The predicted octanol–water partition coefficient (Wildman–Crippen LogP) is 5.27. The summed E-state index contributed by atoms with van der Waals surface area (Å²) >= 11 is 0. The first-order valence-electron chi connectivity index (χ1n) is 8.81. The van der Waals surface area contributed by atoms with E-state index in [-0.39, 0.29) is 11.1 Å². The third kappa shape index (κ3) is 3.07. The molecule has 0 aliphatic carbocycles. The second-order valence-corrected chi connectivity index (χ2v) is 6.83. The van der Waals surface area contributed by atoms with Crippen molar-refractivity contribution in [3.63, 3.8) is 0 Å². The molecule has 0 amide bonds. The summed E-state index contributed by atoms with van der Waals surface area (Å²) in [6, 6.07) is 15.5. The molecule has 1 aromatic heterocycles. The van der Waals surface area contributed by atoms with Gasteiger partial charge in [-0.2, -0.15) is 18.3 Å². The Balaban J connectivity index is 1.88. The van der Waals surface area contributed by atoms with Gasteiger partial charge in [-0.25, -0.2) is 9.07 Å². The zero-order chi connectivity index (χ0) is 20.8. The number of benzene rings is 3. The highest BCUT2D eigenvalue weighted by atomic mass is 19.4. The van der Waals surface area contributed by atoms with Crippen molar-refractivity contribution in [2.24, 2.45) is 0 Å². The van der Waals surface area contributed by atoms with Crippen LogP contribution in [0, 0.1) is 12.7 Å².